The number of thioether (sulfide) groups is 1. The fraction of sp³-hybridized carbons (Fsp3) is 0.600. The third-order valence-electron chi connectivity index (χ3n) is 3.00. The first-order chi connectivity index (χ1) is 9.43. The van der Waals surface area contributed by atoms with Crippen LogP contribution in [0.5, 0.6) is 0 Å². The molecule has 0 aliphatic rings. The molecule has 0 spiro atoms. The van der Waals surface area contributed by atoms with Crippen molar-refractivity contribution in [1.29, 1.82) is 0 Å². The standard InChI is InChI=1S/C15H25N3OS/c1-5-20-7-6-11(4)17-15(19)12-8-13(10(2)3)18-14(16)9-12/h8-11H,5-7H2,1-4H3,(H2,16,18)(H,17,19). The summed E-state index contributed by atoms with van der Waals surface area (Å²) in [4.78, 5) is 16.5. The number of nitrogens with two attached hydrogens (primary N) is 1. The van der Waals surface area contributed by atoms with Gasteiger partial charge in [-0.2, -0.15) is 11.8 Å². The van der Waals surface area contributed by atoms with Gasteiger partial charge in [0.25, 0.3) is 5.91 Å². The van der Waals surface area contributed by atoms with E-state index in [1.807, 2.05) is 38.6 Å². The van der Waals surface area contributed by atoms with E-state index in [1.54, 1.807) is 6.07 Å². The van der Waals surface area contributed by atoms with Crippen LogP contribution < -0.4 is 11.1 Å². The van der Waals surface area contributed by atoms with Gasteiger partial charge in [-0.3, -0.25) is 4.79 Å². The molecule has 112 valence electrons. The summed E-state index contributed by atoms with van der Waals surface area (Å²) in [6.07, 6.45) is 0.974. The molecule has 0 bridgehead atoms. The first-order valence-corrected chi connectivity index (χ1v) is 8.25. The molecule has 3 N–H and O–H groups in total. The smallest absolute Gasteiger partial charge is 0.251 e. The molecular weight excluding hydrogens is 270 g/mol. The number of carbonyl (C=O) groups excluding carboxylic acids is 1. The maximum atomic E-state index is 12.2. The van der Waals surface area contributed by atoms with Gasteiger partial charge in [0, 0.05) is 17.3 Å². The Balaban J connectivity index is 2.67. The Morgan fingerprint density at radius 1 is 1.40 bits per heavy atom. The van der Waals surface area contributed by atoms with E-state index in [4.69, 9.17) is 5.73 Å². The maximum Gasteiger partial charge on any atom is 0.251 e. The summed E-state index contributed by atoms with van der Waals surface area (Å²) in [5.74, 6) is 2.75. The molecule has 0 aliphatic heterocycles. The zero-order chi connectivity index (χ0) is 15.1. The molecule has 1 heterocycles. The van der Waals surface area contributed by atoms with E-state index in [1.165, 1.54) is 0 Å². The average Bonchev–Trinajstić information content (AvgIpc) is 2.38. The van der Waals surface area contributed by atoms with Gasteiger partial charge in [0.15, 0.2) is 0 Å². The van der Waals surface area contributed by atoms with Crippen LogP contribution in [0.15, 0.2) is 12.1 Å². The molecule has 20 heavy (non-hydrogen) atoms. The third-order valence-corrected chi connectivity index (χ3v) is 3.93. The van der Waals surface area contributed by atoms with Gasteiger partial charge in [0.1, 0.15) is 5.82 Å². The summed E-state index contributed by atoms with van der Waals surface area (Å²) in [7, 11) is 0. The Hall–Kier alpha value is -1.23. The highest BCUT2D eigenvalue weighted by Gasteiger charge is 2.13. The van der Waals surface area contributed by atoms with Crippen molar-refractivity contribution in [3.8, 4) is 0 Å². The van der Waals surface area contributed by atoms with Crippen LogP contribution in [0, 0.1) is 0 Å². The second kappa shape index (κ2) is 8.15. The van der Waals surface area contributed by atoms with Gasteiger partial charge in [-0.15, -0.1) is 0 Å². The van der Waals surface area contributed by atoms with Gasteiger partial charge in [0.2, 0.25) is 0 Å². The van der Waals surface area contributed by atoms with Crippen LogP contribution in [-0.2, 0) is 0 Å². The molecule has 1 aromatic rings. The number of aromatic nitrogens is 1. The van der Waals surface area contributed by atoms with Gasteiger partial charge < -0.3 is 11.1 Å². The maximum absolute atomic E-state index is 12.2. The number of amides is 1. The molecule has 0 aromatic carbocycles. The van der Waals surface area contributed by atoms with Crippen molar-refractivity contribution in [3.63, 3.8) is 0 Å². The van der Waals surface area contributed by atoms with Gasteiger partial charge in [-0.1, -0.05) is 20.8 Å². The number of hydrogen-bond acceptors (Lipinski definition) is 4. The summed E-state index contributed by atoms with van der Waals surface area (Å²) < 4.78 is 0. The van der Waals surface area contributed by atoms with E-state index in [2.05, 4.69) is 17.2 Å². The molecule has 4 nitrogen and oxygen atoms in total. The summed E-state index contributed by atoms with van der Waals surface area (Å²) in [6, 6.07) is 3.62. The topological polar surface area (TPSA) is 68.0 Å². The number of nitrogen functional groups attached to an aromatic ring is 1. The minimum atomic E-state index is -0.0741. The number of nitrogens with one attached hydrogen (secondary N) is 1. The van der Waals surface area contributed by atoms with Crippen LogP contribution in [0.3, 0.4) is 0 Å². The van der Waals surface area contributed by atoms with Crippen LogP contribution in [0.2, 0.25) is 0 Å². The molecule has 0 aliphatic carbocycles. The van der Waals surface area contributed by atoms with E-state index in [0.29, 0.717) is 11.4 Å². The monoisotopic (exact) mass is 295 g/mol. The Kier molecular flexibility index (Phi) is 6.85. The normalized spacial score (nSPS) is 12.4. The van der Waals surface area contributed by atoms with Crippen molar-refractivity contribution in [2.45, 2.75) is 46.1 Å². The number of hydrogen-bond donors (Lipinski definition) is 2. The van der Waals surface area contributed by atoms with Crippen molar-refractivity contribution in [1.82, 2.24) is 10.3 Å². The van der Waals surface area contributed by atoms with Crippen LogP contribution >= 0.6 is 11.8 Å². The van der Waals surface area contributed by atoms with Crippen molar-refractivity contribution in [2.24, 2.45) is 0 Å². The van der Waals surface area contributed by atoms with Crippen molar-refractivity contribution in [3.05, 3.63) is 23.4 Å². The molecule has 0 fully saturated rings. The predicted molar refractivity (Wildman–Crippen MR) is 87.3 cm³/mol. The Bertz CT molecular complexity index is 449. The van der Waals surface area contributed by atoms with Crippen LogP contribution in [0.1, 0.15) is 56.1 Å². The predicted octanol–water partition coefficient (Wildman–Crippen LogP) is 3.05. The molecule has 5 heteroatoms. The Morgan fingerprint density at radius 2 is 2.10 bits per heavy atom. The fourth-order valence-electron chi connectivity index (χ4n) is 1.78. The van der Waals surface area contributed by atoms with Gasteiger partial charge >= 0.3 is 0 Å². The lowest BCUT2D eigenvalue weighted by molar-refractivity contribution is 0.0939. The SMILES string of the molecule is CCSCCC(C)NC(=O)c1cc(N)nc(C(C)C)c1. The average molecular weight is 295 g/mol. The van der Waals surface area contributed by atoms with E-state index >= 15 is 0 Å². The van der Waals surface area contributed by atoms with Crippen molar-refractivity contribution >= 4 is 23.5 Å². The number of rotatable bonds is 7. The quantitative estimate of drug-likeness (QED) is 0.759. The highest BCUT2D eigenvalue weighted by molar-refractivity contribution is 7.99. The number of anilines is 1. The molecule has 0 saturated carbocycles. The minimum Gasteiger partial charge on any atom is -0.384 e. The van der Waals surface area contributed by atoms with Crippen molar-refractivity contribution in [2.75, 3.05) is 17.2 Å². The van der Waals surface area contributed by atoms with Gasteiger partial charge in [-0.25, -0.2) is 4.98 Å². The molecule has 1 aromatic heterocycles. The zero-order valence-corrected chi connectivity index (χ0v) is 13.6. The molecule has 1 rings (SSSR count). The minimum absolute atomic E-state index is 0.0741. The number of nitrogens with zero attached hydrogens (tertiary/aromatic N) is 1. The fourth-order valence-corrected chi connectivity index (χ4v) is 2.59. The van der Waals surface area contributed by atoms with Crippen LogP contribution in [-0.4, -0.2) is 28.4 Å². The van der Waals surface area contributed by atoms with Crippen LogP contribution in [0.4, 0.5) is 5.82 Å². The van der Waals surface area contributed by atoms with E-state index < -0.39 is 0 Å². The molecular formula is C15H25N3OS. The molecule has 0 radical (unpaired) electrons. The molecule has 0 saturated heterocycles. The van der Waals surface area contributed by atoms with Gasteiger partial charge in [0.05, 0.1) is 0 Å². The molecule has 1 amide bonds. The summed E-state index contributed by atoms with van der Waals surface area (Å²) in [5, 5.41) is 3.01. The molecule has 1 unspecified atom stereocenters. The second-order valence-electron chi connectivity index (χ2n) is 5.22. The number of carbonyl (C=O) groups is 1. The first kappa shape index (κ1) is 16.8. The van der Waals surface area contributed by atoms with Crippen molar-refractivity contribution < 1.29 is 4.79 Å². The summed E-state index contributed by atoms with van der Waals surface area (Å²) >= 11 is 1.89. The molecule has 1 atom stereocenters. The lowest BCUT2D eigenvalue weighted by Gasteiger charge is -2.14. The first-order valence-electron chi connectivity index (χ1n) is 7.10. The van der Waals surface area contributed by atoms with Gasteiger partial charge in [-0.05, 0) is 42.9 Å². The third kappa shape index (κ3) is 5.41. The van der Waals surface area contributed by atoms with E-state index in [0.717, 1.165) is 23.6 Å². The summed E-state index contributed by atoms with van der Waals surface area (Å²) in [6.45, 7) is 8.24. The lowest BCUT2D eigenvalue weighted by Crippen LogP contribution is -2.33. The van der Waals surface area contributed by atoms with E-state index in [-0.39, 0.29) is 17.9 Å². The largest absolute Gasteiger partial charge is 0.384 e. The Morgan fingerprint density at radius 3 is 2.70 bits per heavy atom. The highest BCUT2D eigenvalue weighted by Crippen LogP contribution is 2.16. The zero-order valence-electron chi connectivity index (χ0n) is 12.8. The number of pyridine rings is 1. The highest BCUT2D eigenvalue weighted by atomic mass is 32.2. The second-order valence-corrected chi connectivity index (χ2v) is 6.61. The lowest BCUT2D eigenvalue weighted by atomic mass is 10.1. The Labute approximate surface area is 125 Å². The van der Waals surface area contributed by atoms with E-state index in [9.17, 15) is 4.79 Å². The summed E-state index contributed by atoms with van der Waals surface area (Å²) in [5.41, 5.74) is 7.21. The van der Waals surface area contributed by atoms with Crippen LogP contribution in [0.25, 0.3) is 0 Å².